The summed E-state index contributed by atoms with van der Waals surface area (Å²) in [6.07, 6.45) is 1.66. The van der Waals surface area contributed by atoms with Gasteiger partial charge in [0.1, 0.15) is 16.6 Å². The summed E-state index contributed by atoms with van der Waals surface area (Å²) in [5, 5.41) is 9.38. The van der Waals surface area contributed by atoms with Crippen LogP contribution in [0.3, 0.4) is 0 Å². The van der Waals surface area contributed by atoms with Crippen LogP contribution in [0.2, 0.25) is 0 Å². The normalized spacial score (nSPS) is 18.4. The van der Waals surface area contributed by atoms with Crippen LogP contribution in [0.1, 0.15) is 49.5 Å². The molecule has 2 aromatic carbocycles. The van der Waals surface area contributed by atoms with Gasteiger partial charge in [-0.1, -0.05) is 13.0 Å². The molecule has 1 aliphatic heterocycles. The predicted molar refractivity (Wildman–Crippen MR) is 118 cm³/mol. The van der Waals surface area contributed by atoms with Crippen molar-refractivity contribution in [3.05, 3.63) is 41.5 Å². The number of aliphatic hydroxyl groups is 1. The number of rotatable bonds is 10. The van der Waals surface area contributed by atoms with E-state index < -0.39 is 15.8 Å². The first-order chi connectivity index (χ1) is 15.4. The summed E-state index contributed by atoms with van der Waals surface area (Å²) in [4.78, 5) is -0.0224. The Morgan fingerprint density at radius 1 is 0.938 bits per heavy atom. The Bertz CT molecular complexity index is 1010. The molecule has 0 spiro atoms. The second kappa shape index (κ2) is 10.4. The van der Waals surface area contributed by atoms with E-state index in [2.05, 4.69) is 0 Å². The van der Waals surface area contributed by atoms with E-state index in [4.69, 9.17) is 23.7 Å². The average molecular weight is 467 g/mol. The smallest absolute Gasteiger partial charge is 0.205 e. The Balaban J connectivity index is 1.89. The zero-order valence-corrected chi connectivity index (χ0v) is 19.6. The van der Waals surface area contributed by atoms with Crippen molar-refractivity contribution in [3.63, 3.8) is 0 Å². The Hall–Kier alpha value is -2.49. The largest absolute Gasteiger partial charge is 0.493 e. The van der Waals surface area contributed by atoms with Crippen LogP contribution >= 0.6 is 0 Å². The first-order valence-corrected chi connectivity index (χ1v) is 12.1. The fourth-order valence-electron chi connectivity index (χ4n) is 3.78. The van der Waals surface area contributed by atoms with E-state index in [9.17, 15) is 13.5 Å². The van der Waals surface area contributed by atoms with E-state index >= 15 is 0 Å². The van der Waals surface area contributed by atoms with E-state index in [-0.39, 0.29) is 22.9 Å². The van der Waals surface area contributed by atoms with E-state index in [0.29, 0.717) is 30.3 Å². The van der Waals surface area contributed by atoms with Gasteiger partial charge in [0, 0.05) is 0 Å². The maximum absolute atomic E-state index is 12.4. The van der Waals surface area contributed by atoms with Gasteiger partial charge in [-0.25, -0.2) is 8.42 Å². The van der Waals surface area contributed by atoms with Crippen molar-refractivity contribution in [2.45, 2.75) is 43.3 Å². The first kappa shape index (κ1) is 24.2. The standard InChI is InChI=1S/C23H30O8S/c1-5-10-30-19-7-6-15(13-22(19)32(25,26)14-24)17-8-9-18(31-17)16-11-20(27-2)23(29-4)21(12-16)28-3/h6-7,11-13,17-18,24H,5,8-10,14H2,1-4H3/t17-,18-/m0/s1. The van der Waals surface area contributed by atoms with Crippen molar-refractivity contribution in [1.29, 1.82) is 0 Å². The molecule has 1 fully saturated rings. The summed E-state index contributed by atoms with van der Waals surface area (Å²) in [5.41, 5.74) is 1.60. The van der Waals surface area contributed by atoms with Gasteiger partial charge >= 0.3 is 0 Å². The summed E-state index contributed by atoms with van der Waals surface area (Å²) in [5.74, 6) is 0.849. The lowest BCUT2D eigenvalue weighted by molar-refractivity contribution is 0.0436. The highest BCUT2D eigenvalue weighted by molar-refractivity contribution is 7.91. The third kappa shape index (κ3) is 4.95. The molecule has 0 aromatic heterocycles. The Morgan fingerprint density at radius 3 is 2.09 bits per heavy atom. The molecule has 0 saturated carbocycles. The quantitative estimate of drug-likeness (QED) is 0.564. The molecule has 0 amide bonds. The molecule has 0 aliphatic carbocycles. The predicted octanol–water partition coefficient (Wildman–Crippen LogP) is 3.82. The van der Waals surface area contributed by atoms with Crippen molar-refractivity contribution >= 4 is 9.84 Å². The summed E-state index contributed by atoms with van der Waals surface area (Å²) in [6.45, 7) is 2.32. The molecule has 2 aromatic rings. The summed E-state index contributed by atoms with van der Waals surface area (Å²) >= 11 is 0. The van der Waals surface area contributed by atoms with Crippen molar-refractivity contribution in [2.75, 3.05) is 33.9 Å². The average Bonchev–Trinajstić information content (AvgIpc) is 3.31. The SMILES string of the molecule is CCCOc1ccc([C@@H]2CC[C@@H](c3cc(OC)c(OC)c(OC)c3)O2)cc1S(=O)(=O)CO. The van der Waals surface area contributed by atoms with Crippen LogP contribution in [0, 0.1) is 0 Å². The van der Waals surface area contributed by atoms with Gasteiger partial charge in [0.15, 0.2) is 11.5 Å². The lowest BCUT2D eigenvalue weighted by Gasteiger charge is -2.19. The highest BCUT2D eigenvalue weighted by Crippen LogP contribution is 2.46. The first-order valence-electron chi connectivity index (χ1n) is 10.4. The fourth-order valence-corrected chi connectivity index (χ4v) is 4.67. The van der Waals surface area contributed by atoms with Crippen LogP contribution < -0.4 is 18.9 Å². The van der Waals surface area contributed by atoms with E-state index in [1.54, 1.807) is 33.5 Å². The minimum absolute atomic E-state index is 0.0224. The molecule has 1 aliphatic rings. The highest BCUT2D eigenvalue weighted by atomic mass is 32.2. The molecule has 2 atom stereocenters. The molecule has 8 nitrogen and oxygen atoms in total. The number of methoxy groups -OCH3 is 3. The number of sulfone groups is 1. The lowest BCUT2D eigenvalue weighted by Crippen LogP contribution is -2.10. The maximum Gasteiger partial charge on any atom is 0.205 e. The van der Waals surface area contributed by atoms with Gasteiger partial charge in [0.2, 0.25) is 15.6 Å². The molecule has 9 heteroatoms. The van der Waals surface area contributed by atoms with Gasteiger partial charge in [-0.15, -0.1) is 0 Å². The van der Waals surface area contributed by atoms with E-state index in [0.717, 1.165) is 24.0 Å². The van der Waals surface area contributed by atoms with E-state index in [1.165, 1.54) is 0 Å². The second-order valence-electron chi connectivity index (χ2n) is 7.45. The van der Waals surface area contributed by atoms with Crippen molar-refractivity contribution in [3.8, 4) is 23.0 Å². The third-order valence-corrected chi connectivity index (χ3v) is 6.71. The topological polar surface area (TPSA) is 101 Å². The van der Waals surface area contributed by atoms with Crippen LogP contribution in [0.4, 0.5) is 0 Å². The van der Waals surface area contributed by atoms with Crippen LogP contribution in [-0.2, 0) is 14.6 Å². The fraction of sp³-hybridized carbons (Fsp3) is 0.478. The monoisotopic (exact) mass is 466 g/mol. The van der Waals surface area contributed by atoms with Crippen LogP contribution in [0.5, 0.6) is 23.0 Å². The molecule has 1 N–H and O–H groups in total. The molecule has 176 valence electrons. The molecular formula is C23H30O8S. The number of hydrogen-bond acceptors (Lipinski definition) is 8. The third-order valence-electron chi connectivity index (χ3n) is 5.38. The summed E-state index contributed by atoms with van der Waals surface area (Å²) < 4.78 is 53.0. The number of benzene rings is 2. The van der Waals surface area contributed by atoms with Gasteiger partial charge in [-0.3, -0.25) is 0 Å². The molecule has 1 heterocycles. The Morgan fingerprint density at radius 2 is 1.56 bits per heavy atom. The van der Waals surface area contributed by atoms with Gasteiger partial charge in [0.05, 0.1) is 40.1 Å². The molecular weight excluding hydrogens is 436 g/mol. The Labute approximate surface area is 188 Å². The van der Waals surface area contributed by atoms with Crippen LogP contribution in [0.25, 0.3) is 0 Å². The minimum Gasteiger partial charge on any atom is -0.493 e. The molecule has 0 radical (unpaired) electrons. The molecule has 0 unspecified atom stereocenters. The molecule has 32 heavy (non-hydrogen) atoms. The maximum atomic E-state index is 12.4. The Kier molecular flexibility index (Phi) is 7.86. The van der Waals surface area contributed by atoms with Crippen LogP contribution in [0.15, 0.2) is 35.2 Å². The lowest BCUT2D eigenvalue weighted by atomic mass is 10.0. The van der Waals surface area contributed by atoms with Crippen molar-refractivity contribution < 1.29 is 37.2 Å². The van der Waals surface area contributed by atoms with Gasteiger partial charge in [-0.2, -0.15) is 0 Å². The molecule has 1 saturated heterocycles. The zero-order valence-electron chi connectivity index (χ0n) is 18.8. The number of hydrogen-bond donors (Lipinski definition) is 1. The zero-order chi connectivity index (χ0) is 23.3. The summed E-state index contributed by atoms with van der Waals surface area (Å²) in [7, 11) is 0.795. The highest BCUT2D eigenvalue weighted by Gasteiger charge is 2.31. The molecule has 3 rings (SSSR count). The van der Waals surface area contributed by atoms with Crippen LogP contribution in [-0.4, -0.2) is 47.4 Å². The molecule has 0 bridgehead atoms. The second-order valence-corrected chi connectivity index (χ2v) is 9.38. The number of aliphatic hydroxyl groups excluding tert-OH is 1. The summed E-state index contributed by atoms with van der Waals surface area (Å²) in [6, 6.07) is 8.70. The van der Waals surface area contributed by atoms with Crippen molar-refractivity contribution in [1.82, 2.24) is 0 Å². The van der Waals surface area contributed by atoms with E-state index in [1.807, 2.05) is 25.1 Å². The van der Waals surface area contributed by atoms with Gasteiger partial charge < -0.3 is 28.8 Å². The van der Waals surface area contributed by atoms with Crippen molar-refractivity contribution in [2.24, 2.45) is 0 Å². The van der Waals surface area contributed by atoms with Gasteiger partial charge in [0.25, 0.3) is 0 Å². The minimum atomic E-state index is -3.87. The van der Waals surface area contributed by atoms with Gasteiger partial charge in [-0.05, 0) is 54.7 Å². The number of ether oxygens (including phenoxy) is 5.